The molecule has 0 saturated carbocycles. The number of ether oxygens (including phenoxy) is 1. The number of hydrogen-bond donors (Lipinski definition) is 2. The number of fused-ring (bicyclic) bond motifs is 2. The van der Waals surface area contributed by atoms with Crippen LogP contribution in [0.25, 0.3) is 0 Å². The average Bonchev–Trinajstić information content (AvgIpc) is 3.74. The zero-order valence-corrected chi connectivity index (χ0v) is 28.0. The summed E-state index contributed by atoms with van der Waals surface area (Å²) in [5.74, 6) is -1.39. The average molecular weight is 714 g/mol. The lowest BCUT2D eigenvalue weighted by atomic mass is 9.85. The molecular formula is C36H39F4N5O6. The molecule has 2 aromatic heterocycles. The molecule has 15 heteroatoms. The van der Waals surface area contributed by atoms with E-state index in [0.717, 1.165) is 16.2 Å². The number of carbonyl (C=O) groups is 1. The second kappa shape index (κ2) is 15.0. The molecule has 1 amide bonds. The van der Waals surface area contributed by atoms with Crippen LogP contribution in [-0.4, -0.2) is 56.9 Å². The van der Waals surface area contributed by atoms with E-state index in [1.54, 1.807) is 19.1 Å². The smallest absolute Gasteiger partial charge is 0.449 e. The van der Waals surface area contributed by atoms with E-state index in [2.05, 4.69) is 5.32 Å². The Labute approximate surface area is 290 Å². The number of furan rings is 1. The second-order valence-electron chi connectivity index (χ2n) is 13.0. The molecule has 0 aliphatic carbocycles. The number of piperidine rings is 1. The summed E-state index contributed by atoms with van der Waals surface area (Å²) in [7, 11) is 0. The number of nitrogens with zero attached hydrogens (tertiary/aromatic N) is 4. The number of rotatable bonds is 13. The van der Waals surface area contributed by atoms with Crippen LogP contribution in [0.5, 0.6) is 0 Å². The molecule has 2 aromatic carbocycles. The molecule has 51 heavy (non-hydrogen) atoms. The predicted octanol–water partition coefficient (Wildman–Crippen LogP) is 4.71. The lowest BCUT2D eigenvalue weighted by Gasteiger charge is -2.38. The highest BCUT2D eigenvalue weighted by molar-refractivity contribution is 5.44. The first-order valence-electron chi connectivity index (χ1n) is 16.7. The topological polar surface area (TPSA) is 122 Å². The molecule has 1 saturated heterocycles. The van der Waals surface area contributed by atoms with Crippen LogP contribution in [-0.2, 0) is 47.5 Å². The third-order valence-electron chi connectivity index (χ3n) is 9.77. The van der Waals surface area contributed by atoms with Gasteiger partial charge in [-0.2, -0.15) is 13.2 Å². The van der Waals surface area contributed by atoms with Crippen LogP contribution in [0, 0.1) is 12.7 Å². The fourth-order valence-corrected chi connectivity index (χ4v) is 7.00. The minimum Gasteiger partial charge on any atom is -0.455 e. The van der Waals surface area contributed by atoms with Gasteiger partial charge in [0.15, 0.2) is 0 Å². The summed E-state index contributed by atoms with van der Waals surface area (Å²) >= 11 is 0. The molecule has 272 valence electrons. The summed E-state index contributed by atoms with van der Waals surface area (Å²) in [6, 6.07) is 15.6. The van der Waals surface area contributed by atoms with Crippen LogP contribution < -0.4 is 16.6 Å². The van der Waals surface area contributed by atoms with Crippen LogP contribution in [0.2, 0.25) is 0 Å². The summed E-state index contributed by atoms with van der Waals surface area (Å²) in [4.78, 5) is 41.6. The first kappa shape index (κ1) is 36.2. The molecule has 4 heterocycles. The van der Waals surface area contributed by atoms with Crippen LogP contribution in [0.4, 0.5) is 17.6 Å². The van der Waals surface area contributed by atoms with Gasteiger partial charge in [-0.15, -0.1) is 0 Å². The Morgan fingerprint density at radius 1 is 1.02 bits per heavy atom. The first-order chi connectivity index (χ1) is 24.4. The fourth-order valence-electron chi connectivity index (χ4n) is 7.00. The highest BCUT2D eigenvalue weighted by atomic mass is 19.4. The molecule has 1 fully saturated rings. The standard InChI is InChI=1S/C36H39F4N5O6/c1-24-7-5-10-28(37)27(24)20-44-30-22-50-35(13-17-42(18-14-35)19-26-11-12-31(51-26)36(38,39)40)32(30)33(47)45(34(44)48)21-29(25-8-3-2-4-9-25)41-15-6-16-43(49)23-46/h2-5,7-12,23,29,41,49H,6,13-22H2,1H3/t29-/m0/s1. The summed E-state index contributed by atoms with van der Waals surface area (Å²) in [5.41, 5.74) is 0.222. The normalized spacial score (nSPS) is 16.4. The molecule has 0 bridgehead atoms. The maximum absolute atomic E-state index is 15.2. The SMILES string of the molecule is Cc1cccc(F)c1Cn1c2c(c(=O)n(C[C@H](NCCCN(O)C=O)c3ccccc3)c1=O)C1(CCN(Cc3ccc(C(F)(F)F)o3)CC1)OC2. The Morgan fingerprint density at radius 2 is 1.76 bits per heavy atom. The number of hydroxylamine groups is 2. The number of carbonyl (C=O) groups excluding carboxylic acids is 1. The van der Waals surface area contributed by atoms with Gasteiger partial charge in [-0.3, -0.25) is 28.8 Å². The van der Waals surface area contributed by atoms with Crippen LogP contribution in [0.1, 0.15) is 64.8 Å². The summed E-state index contributed by atoms with van der Waals surface area (Å²) in [5, 5.41) is 13.4. The lowest BCUT2D eigenvalue weighted by Crippen LogP contribution is -2.50. The summed E-state index contributed by atoms with van der Waals surface area (Å²) in [6.07, 6.45) is -3.24. The highest BCUT2D eigenvalue weighted by Gasteiger charge is 2.47. The zero-order chi connectivity index (χ0) is 36.3. The second-order valence-corrected chi connectivity index (χ2v) is 13.0. The van der Waals surface area contributed by atoms with Gasteiger partial charge in [0, 0.05) is 25.2 Å². The summed E-state index contributed by atoms with van der Waals surface area (Å²) in [6.45, 7) is 2.81. The number of hydrogen-bond acceptors (Lipinski definition) is 8. The van der Waals surface area contributed by atoms with Crippen molar-refractivity contribution in [1.82, 2.24) is 24.4 Å². The van der Waals surface area contributed by atoms with Crippen LogP contribution >= 0.6 is 0 Å². The molecule has 0 radical (unpaired) electrons. The van der Waals surface area contributed by atoms with Crippen molar-refractivity contribution >= 4 is 6.41 Å². The molecule has 11 nitrogen and oxygen atoms in total. The first-order valence-corrected chi connectivity index (χ1v) is 16.7. The van der Waals surface area contributed by atoms with Crippen molar-refractivity contribution in [2.45, 2.75) is 70.2 Å². The van der Waals surface area contributed by atoms with Crippen molar-refractivity contribution < 1.29 is 36.7 Å². The molecule has 1 spiro atoms. The molecule has 6 rings (SSSR count). The zero-order valence-electron chi connectivity index (χ0n) is 28.0. The Hall–Kier alpha value is -4.57. The molecule has 2 aliphatic heterocycles. The van der Waals surface area contributed by atoms with Crippen LogP contribution in [0.15, 0.2) is 74.7 Å². The van der Waals surface area contributed by atoms with E-state index in [-0.39, 0.29) is 38.5 Å². The number of likely N-dealkylation sites (tertiary alicyclic amines) is 1. The van der Waals surface area contributed by atoms with Gasteiger partial charge in [-0.25, -0.2) is 14.2 Å². The molecule has 0 unspecified atom stereocenters. The van der Waals surface area contributed by atoms with E-state index >= 15 is 4.39 Å². The minimum atomic E-state index is -4.59. The third kappa shape index (κ3) is 7.71. The van der Waals surface area contributed by atoms with Crippen molar-refractivity contribution in [1.29, 1.82) is 0 Å². The van der Waals surface area contributed by atoms with E-state index in [1.165, 1.54) is 16.7 Å². The molecular weight excluding hydrogens is 674 g/mol. The Bertz CT molecular complexity index is 1950. The quantitative estimate of drug-likeness (QED) is 0.0673. The van der Waals surface area contributed by atoms with E-state index in [4.69, 9.17) is 9.15 Å². The molecule has 1 atom stereocenters. The number of halogens is 4. The van der Waals surface area contributed by atoms with Gasteiger partial charge < -0.3 is 14.5 Å². The van der Waals surface area contributed by atoms with Gasteiger partial charge in [0.05, 0.1) is 43.5 Å². The fraction of sp³-hybridized carbons (Fsp3) is 0.417. The van der Waals surface area contributed by atoms with Gasteiger partial charge in [0.25, 0.3) is 5.56 Å². The van der Waals surface area contributed by atoms with Crippen LogP contribution in [0.3, 0.4) is 0 Å². The van der Waals surface area contributed by atoms with Gasteiger partial charge in [0.2, 0.25) is 12.2 Å². The van der Waals surface area contributed by atoms with Crippen molar-refractivity contribution in [3.63, 3.8) is 0 Å². The number of nitrogens with one attached hydrogen (secondary N) is 1. The van der Waals surface area contributed by atoms with Gasteiger partial charge >= 0.3 is 11.9 Å². The van der Waals surface area contributed by atoms with Gasteiger partial charge in [0.1, 0.15) is 17.2 Å². The van der Waals surface area contributed by atoms with E-state index < -0.39 is 40.6 Å². The Balaban J connectivity index is 1.35. The minimum absolute atomic E-state index is 0.0456. The van der Waals surface area contributed by atoms with Crippen molar-refractivity contribution in [3.05, 3.63) is 127 Å². The molecule has 4 aromatic rings. The monoisotopic (exact) mass is 713 g/mol. The maximum atomic E-state index is 15.2. The lowest BCUT2D eigenvalue weighted by molar-refractivity contribution is -0.153. The maximum Gasteiger partial charge on any atom is 0.449 e. The predicted molar refractivity (Wildman–Crippen MR) is 176 cm³/mol. The van der Waals surface area contributed by atoms with Gasteiger partial charge in [-0.05, 0) is 62.1 Å². The molecule has 2 aliphatic rings. The third-order valence-corrected chi connectivity index (χ3v) is 9.77. The van der Waals surface area contributed by atoms with Gasteiger partial charge in [-0.1, -0.05) is 42.5 Å². The number of aromatic nitrogens is 2. The van der Waals surface area contributed by atoms with E-state index in [9.17, 15) is 32.8 Å². The largest absolute Gasteiger partial charge is 0.455 e. The van der Waals surface area contributed by atoms with E-state index in [1.807, 2.05) is 35.2 Å². The summed E-state index contributed by atoms with van der Waals surface area (Å²) < 4.78 is 68.5. The number of benzene rings is 2. The number of alkyl halides is 3. The molecule has 2 N–H and O–H groups in total. The van der Waals surface area contributed by atoms with Crippen molar-refractivity contribution in [3.8, 4) is 0 Å². The van der Waals surface area contributed by atoms with Crippen molar-refractivity contribution in [2.24, 2.45) is 0 Å². The van der Waals surface area contributed by atoms with E-state index in [0.29, 0.717) is 72.8 Å². The highest BCUT2D eigenvalue weighted by Crippen LogP contribution is 2.43. The Kier molecular flexibility index (Phi) is 10.6. The number of aryl methyl sites for hydroxylation is 1. The Morgan fingerprint density at radius 3 is 2.43 bits per heavy atom. The number of amides is 1. The van der Waals surface area contributed by atoms with Crippen molar-refractivity contribution in [2.75, 3.05) is 26.2 Å².